The van der Waals surface area contributed by atoms with E-state index < -0.39 is 10.0 Å². The minimum absolute atomic E-state index is 0.144. The number of likely N-dealkylation sites (tertiary alicyclic amines) is 1. The summed E-state index contributed by atoms with van der Waals surface area (Å²) in [4.78, 5) is 25.5. The number of nitrogens with one attached hydrogen (secondary N) is 2. The molecule has 31 heavy (non-hydrogen) atoms. The molecule has 0 atom stereocenters. The Balaban J connectivity index is 1.26. The van der Waals surface area contributed by atoms with Crippen LogP contribution < -0.4 is 0 Å². The maximum Gasteiger partial charge on any atom is 0.270 e. The second-order valence-electron chi connectivity index (χ2n) is 7.98. The third kappa shape index (κ3) is 3.88. The van der Waals surface area contributed by atoms with E-state index in [2.05, 4.69) is 21.0 Å². The average molecular weight is 460 g/mol. The molecule has 2 saturated heterocycles. The van der Waals surface area contributed by atoms with Crippen LogP contribution in [0.4, 0.5) is 0 Å². The largest absolute Gasteiger partial charge is 0.356 e. The molecule has 5 heterocycles. The zero-order valence-electron chi connectivity index (χ0n) is 17.1. The van der Waals surface area contributed by atoms with Crippen LogP contribution in [-0.4, -0.2) is 76.2 Å². The number of amides is 1. The van der Waals surface area contributed by atoms with Gasteiger partial charge in [0.25, 0.3) is 5.91 Å². The molecule has 2 fully saturated rings. The quantitative estimate of drug-likeness (QED) is 0.625. The van der Waals surface area contributed by atoms with Gasteiger partial charge in [0.15, 0.2) is 0 Å². The van der Waals surface area contributed by atoms with Gasteiger partial charge in [-0.15, -0.1) is 0 Å². The van der Waals surface area contributed by atoms with Crippen LogP contribution in [-0.2, 0) is 10.0 Å². The van der Waals surface area contributed by atoms with Crippen LogP contribution in [0.1, 0.15) is 34.8 Å². The number of pyridine rings is 1. The molecule has 0 aromatic carbocycles. The normalized spacial score (nSPS) is 19.2. The van der Waals surface area contributed by atoms with E-state index in [-0.39, 0.29) is 10.8 Å². The average Bonchev–Trinajstić information content (AvgIpc) is 3.47. The number of rotatable bonds is 4. The first-order valence-corrected chi connectivity index (χ1v) is 13.1. The Morgan fingerprint density at radius 1 is 1.10 bits per heavy atom. The van der Waals surface area contributed by atoms with E-state index in [9.17, 15) is 13.2 Å². The lowest BCUT2D eigenvalue weighted by atomic mass is 9.89. The van der Waals surface area contributed by atoms with E-state index in [1.54, 1.807) is 18.0 Å². The fraction of sp³-hybridized carbons (Fsp3) is 0.429. The number of hydrogen-bond donors (Lipinski definition) is 2. The van der Waals surface area contributed by atoms with Gasteiger partial charge in [-0.05, 0) is 42.5 Å². The number of carbonyl (C=O) groups is 1. The summed E-state index contributed by atoms with van der Waals surface area (Å²) in [6, 6.07) is 5.50. The summed E-state index contributed by atoms with van der Waals surface area (Å²) in [6.07, 6.45) is 6.98. The van der Waals surface area contributed by atoms with Crippen LogP contribution in [0.15, 0.2) is 41.7 Å². The first-order chi connectivity index (χ1) is 15.0. The molecule has 2 aliphatic rings. The van der Waals surface area contributed by atoms with Gasteiger partial charge >= 0.3 is 0 Å². The van der Waals surface area contributed by atoms with E-state index in [1.165, 1.54) is 22.1 Å². The lowest BCUT2D eigenvalue weighted by molar-refractivity contribution is 0.0708. The predicted octanol–water partition coefficient (Wildman–Crippen LogP) is 2.65. The van der Waals surface area contributed by atoms with E-state index >= 15 is 0 Å². The zero-order valence-corrected chi connectivity index (χ0v) is 18.7. The van der Waals surface area contributed by atoms with Crippen LogP contribution in [0.3, 0.4) is 0 Å². The molecule has 0 spiro atoms. The Morgan fingerprint density at radius 2 is 1.87 bits per heavy atom. The molecule has 164 valence electrons. The number of H-pyrrole nitrogens is 2. The number of hydrogen-bond acceptors (Lipinski definition) is 5. The zero-order chi connectivity index (χ0) is 21.4. The van der Waals surface area contributed by atoms with Gasteiger partial charge in [0.1, 0.15) is 16.2 Å². The summed E-state index contributed by atoms with van der Waals surface area (Å²) in [5, 5.41) is 1.14. The van der Waals surface area contributed by atoms with Crippen LogP contribution in [0.2, 0.25) is 0 Å². The van der Waals surface area contributed by atoms with Crippen molar-refractivity contribution in [3.05, 3.63) is 48.0 Å². The number of sulfonamides is 1. The number of thioether (sulfide) groups is 1. The van der Waals surface area contributed by atoms with Crippen molar-refractivity contribution < 1.29 is 13.2 Å². The molecule has 0 bridgehead atoms. The molecular formula is C21H25N5O3S2. The van der Waals surface area contributed by atoms with E-state index in [4.69, 9.17) is 0 Å². The highest BCUT2D eigenvalue weighted by atomic mass is 32.2. The van der Waals surface area contributed by atoms with Crippen molar-refractivity contribution in [1.29, 1.82) is 0 Å². The Bertz CT molecular complexity index is 1190. The molecule has 1 amide bonds. The molecule has 0 aliphatic carbocycles. The Hall–Kier alpha value is -2.30. The van der Waals surface area contributed by atoms with Gasteiger partial charge in [-0.1, -0.05) is 0 Å². The summed E-state index contributed by atoms with van der Waals surface area (Å²) < 4.78 is 27.2. The number of aromatic nitrogens is 3. The summed E-state index contributed by atoms with van der Waals surface area (Å²) >= 11 is 1.76. The standard InChI is InChI=1S/C21H25N5O3S2/c27-21(19-12-16(13-23-19)31(28,29)26-8-10-30-11-9-26)25-6-3-15(4-7-25)18-14-24-20-17(18)2-1-5-22-20/h1-2,5,12-15,23H,3-4,6-11H2,(H,22,24). The fourth-order valence-electron chi connectivity index (χ4n) is 4.46. The second kappa shape index (κ2) is 8.33. The van der Waals surface area contributed by atoms with Gasteiger partial charge in [-0.3, -0.25) is 4.79 Å². The smallest absolute Gasteiger partial charge is 0.270 e. The van der Waals surface area contributed by atoms with E-state index in [0.29, 0.717) is 37.8 Å². The highest BCUT2D eigenvalue weighted by Gasteiger charge is 2.30. The molecule has 0 radical (unpaired) electrons. The Labute approximate surface area is 185 Å². The van der Waals surface area contributed by atoms with Gasteiger partial charge < -0.3 is 14.9 Å². The molecule has 5 rings (SSSR count). The number of fused-ring (bicyclic) bond motifs is 1. The summed E-state index contributed by atoms with van der Waals surface area (Å²) in [5.74, 6) is 1.83. The first kappa shape index (κ1) is 20.6. The van der Waals surface area contributed by atoms with Gasteiger partial charge in [0.05, 0.1) is 0 Å². The van der Waals surface area contributed by atoms with Gasteiger partial charge in [-0.25, -0.2) is 13.4 Å². The van der Waals surface area contributed by atoms with Crippen molar-refractivity contribution in [2.75, 3.05) is 37.7 Å². The molecule has 2 aliphatic heterocycles. The van der Waals surface area contributed by atoms with Crippen molar-refractivity contribution >= 4 is 38.7 Å². The topological polar surface area (TPSA) is 102 Å². The number of nitrogens with zero attached hydrogens (tertiary/aromatic N) is 3. The van der Waals surface area contributed by atoms with Crippen LogP contribution in [0.25, 0.3) is 11.0 Å². The minimum Gasteiger partial charge on any atom is -0.356 e. The molecule has 0 saturated carbocycles. The monoisotopic (exact) mass is 459 g/mol. The Morgan fingerprint density at radius 3 is 2.65 bits per heavy atom. The predicted molar refractivity (Wildman–Crippen MR) is 121 cm³/mol. The lowest BCUT2D eigenvalue weighted by Gasteiger charge is -2.31. The fourth-order valence-corrected chi connectivity index (χ4v) is 7.03. The number of carbonyl (C=O) groups excluding carboxylic acids is 1. The second-order valence-corrected chi connectivity index (χ2v) is 11.1. The molecule has 0 unspecified atom stereocenters. The summed E-state index contributed by atoms with van der Waals surface area (Å²) in [7, 11) is -3.56. The van der Waals surface area contributed by atoms with Crippen molar-refractivity contribution in [3.8, 4) is 0 Å². The van der Waals surface area contributed by atoms with Crippen molar-refractivity contribution in [3.63, 3.8) is 0 Å². The third-order valence-electron chi connectivity index (χ3n) is 6.20. The maximum atomic E-state index is 13.0. The minimum atomic E-state index is -3.56. The SMILES string of the molecule is O=C(c1cc(S(=O)(=O)N2CCSCC2)c[nH]1)N1CCC(c2c[nH]c3ncccc23)CC1. The van der Waals surface area contributed by atoms with Crippen molar-refractivity contribution in [2.45, 2.75) is 23.7 Å². The van der Waals surface area contributed by atoms with E-state index in [0.717, 1.165) is 35.4 Å². The number of piperidine rings is 1. The summed E-state index contributed by atoms with van der Waals surface area (Å²) in [6.45, 7) is 2.30. The first-order valence-electron chi connectivity index (χ1n) is 10.5. The molecule has 3 aromatic rings. The van der Waals surface area contributed by atoms with Crippen molar-refractivity contribution in [1.82, 2.24) is 24.2 Å². The van der Waals surface area contributed by atoms with Crippen LogP contribution in [0, 0.1) is 0 Å². The molecule has 2 N–H and O–H groups in total. The van der Waals surface area contributed by atoms with Gasteiger partial charge in [-0.2, -0.15) is 16.1 Å². The summed E-state index contributed by atoms with van der Waals surface area (Å²) in [5.41, 5.74) is 2.48. The van der Waals surface area contributed by atoms with Crippen LogP contribution >= 0.6 is 11.8 Å². The maximum absolute atomic E-state index is 13.0. The third-order valence-corrected chi connectivity index (χ3v) is 9.02. The van der Waals surface area contributed by atoms with Crippen molar-refractivity contribution in [2.24, 2.45) is 0 Å². The Kier molecular flexibility index (Phi) is 5.53. The lowest BCUT2D eigenvalue weighted by Crippen LogP contribution is -2.38. The van der Waals surface area contributed by atoms with Gasteiger partial charge in [0, 0.05) is 61.7 Å². The van der Waals surface area contributed by atoms with E-state index in [1.807, 2.05) is 17.2 Å². The molecular weight excluding hydrogens is 434 g/mol. The number of aromatic amines is 2. The molecule has 10 heteroatoms. The highest BCUT2D eigenvalue weighted by Crippen LogP contribution is 2.33. The highest BCUT2D eigenvalue weighted by molar-refractivity contribution is 7.99. The molecule has 8 nitrogen and oxygen atoms in total. The molecule has 3 aromatic heterocycles. The van der Waals surface area contributed by atoms with Crippen LogP contribution in [0.5, 0.6) is 0 Å². The van der Waals surface area contributed by atoms with Gasteiger partial charge in [0.2, 0.25) is 10.0 Å².